The van der Waals surface area contributed by atoms with Crippen molar-refractivity contribution in [2.75, 3.05) is 11.9 Å². The molecule has 0 aliphatic carbocycles. The van der Waals surface area contributed by atoms with Crippen molar-refractivity contribution in [2.45, 2.75) is 40.0 Å². The van der Waals surface area contributed by atoms with E-state index in [0.717, 1.165) is 22.1 Å². The summed E-state index contributed by atoms with van der Waals surface area (Å²) in [4.78, 5) is 36.0. The van der Waals surface area contributed by atoms with Gasteiger partial charge in [0.1, 0.15) is 10.6 Å². The Labute approximate surface area is 174 Å². The van der Waals surface area contributed by atoms with E-state index < -0.39 is 17.8 Å². The first kappa shape index (κ1) is 22.4. The number of hydrogen-bond donors (Lipinski definition) is 1. The van der Waals surface area contributed by atoms with Crippen LogP contribution in [-0.4, -0.2) is 24.5 Å². The first-order valence-electron chi connectivity index (χ1n) is 9.16. The van der Waals surface area contributed by atoms with Gasteiger partial charge in [-0.15, -0.1) is 11.3 Å². The van der Waals surface area contributed by atoms with Gasteiger partial charge in [-0.05, 0) is 36.5 Å². The SMILES string of the molecule is CCOC(=O)c1c(NC(=O)/C=C/C(=O)[O-])sc(C)c1-c1ccc(C(C)(C)C)cc1. The number of rotatable bonds is 6. The second-order valence-corrected chi connectivity index (χ2v) is 8.65. The summed E-state index contributed by atoms with van der Waals surface area (Å²) in [6.45, 7) is 10.1. The maximum atomic E-state index is 12.7. The van der Waals surface area contributed by atoms with Crippen molar-refractivity contribution in [3.63, 3.8) is 0 Å². The number of benzene rings is 1. The van der Waals surface area contributed by atoms with E-state index in [9.17, 15) is 19.5 Å². The molecule has 1 N–H and O–H groups in total. The molecular weight excluding hydrogens is 390 g/mol. The Morgan fingerprint density at radius 1 is 1.14 bits per heavy atom. The zero-order valence-electron chi connectivity index (χ0n) is 17.1. The van der Waals surface area contributed by atoms with Crippen LogP contribution in [0.5, 0.6) is 0 Å². The van der Waals surface area contributed by atoms with Crippen LogP contribution in [0, 0.1) is 6.92 Å². The highest BCUT2D eigenvalue weighted by atomic mass is 32.1. The van der Waals surface area contributed by atoms with Gasteiger partial charge in [0.05, 0.1) is 12.6 Å². The van der Waals surface area contributed by atoms with E-state index in [1.165, 1.54) is 11.3 Å². The van der Waals surface area contributed by atoms with Gasteiger partial charge < -0.3 is 20.0 Å². The molecule has 1 amide bonds. The second kappa shape index (κ2) is 9.05. The lowest BCUT2D eigenvalue weighted by Crippen LogP contribution is -2.20. The number of carbonyl (C=O) groups excluding carboxylic acids is 3. The molecule has 2 rings (SSSR count). The number of anilines is 1. The molecule has 0 fully saturated rings. The molecule has 0 saturated carbocycles. The number of ether oxygens (including phenoxy) is 1. The minimum atomic E-state index is -1.48. The van der Waals surface area contributed by atoms with E-state index in [0.29, 0.717) is 16.6 Å². The standard InChI is InChI=1S/C22H25NO5S/c1-6-28-21(27)19-18(14-7-9-15(10-8-14)22(3,4)5)13(2)29-20(19)23-16(24)11-12-17(25)26/h7-12H,6H2,1-5H3,(H,23,24)(H,25,26)/p-1/b12-11+. The van der Waals surface area contributed by atoms with E-state index in [2.05, 4.69) is 26.1 Å². The molecule has 154 valence electrons. The van der Waals surface area contributed by atoms with Crippen LogP contribution < -0.4 is 10.4 Å². The Hall–Kier alpha value is -2.93. The summed E-state index contributed by atoms with van der Waals surface area (Å²) in [6.07, 6.45) is 1.48. The van der Waals surface area contributed by atoms with Gasteiger partial charge in [-0.1, -0.05) is 45.0 Å². The van der Waals surface area contributed by atoms with Crippen LogP contribution in [0.15, 0.2) is 36.4 Å². The summed E-state index contributed by atoms with van der Waals surface area (Å²) in [5.41, 5.74) is 2.94. The molecular formula is C22H24NO5S-. The van der Waals surface area contributed by atoms with Gasteiger partial charge in [0.25, 0.3) is 0 Å². The fourth-order valence-electron chi connectivity index (χ4n) is 2.81. The molecule has 0 aliphatic heterocycles. The lowest BCUT2D eigenvalue weighted by atomic mass is 9.86. The summed E-state index contributed by atoms with van der Waals surface area (Å²) in [5.74, 6) is -2.70. The fraction of sp³-hybridized carbons (Fsp3) is 0.318. The van der Waals surface area contributed by atoms with Crippen molar-refractivity contribution in [1.29, 1.82) is 0 Å². The molecule has 0 bridgehead atoms. The van der Waals surface area contributed by atoms with Crippen molar-refractivity contribution in [2.24, 2.45) is 0 Å². The minimum Gasteiger partial charge on any atom is -0.545 e. The molecule has 0 aliphatic rings. The van der Waals surface area contributed by atoms with Gasteiger partial charge in [-0.2, -0.15) is 0 Å². The molecule has 1 aromatic heterocycles. The number of esters is 1. The number of nitrogens with one attached hydrogen (secondary N) is 1. The predicted octanol–water partition coefficient (Wildman–Crippen LogP) is 3.44. The van der Waals surface area contributed by atoms with Gasteiger partial charge in [-0.25, -0.2) is 4.79 Å². The Morgan fingerprint density at radius 3 is 2.28 bits per heavy atom. The third kappa shape index (κ3) is 5.54. The molecule has 1 aromatic carbocycles. The summed E-state index contributed by atoms with van der Waals surface area (Å²) >= 11 is 1.23. The highest BCUT2D eigenvalue weighted by Gasteiger charge is 2.25. The fourth-order valence-corrected chi connectivity index (χ4v) is 3.88. The Kier molecular flexibility index (Phi) is 6.97. The van der Waals surface area contributed by atoms with Crippen molar-refractivity contribution in [1.82, 2.24) is 0 Å². The third-order valence-electron chi connectivity index (χ3n) is 4.21. The van der Waals surface area contributed by atoms with E-state index in [-0.39, 0.29) is 17.6 Å². The van der Waals surface area contributed by atoms with Crippen molar-refractivity contribution < 1.29 is 24.2 Å². The van der Waals surface area contributed by atoms with Gasteiger partial charge in [0.2, 0.25) is 5.91 Å². The Balaban J connectivity index is 2.52. The lowest BCUT2D eigenvalue weighted by Gasteiger charge is -2.19. The number of carbonyl (C=O) groups is 3. The maximum Gasteiger partial charge on any atom is 0.341 e. The Bertz CT molecular complexity index is 949. The van der Waals surface area contributed by atoms with Crippen molar-refractivity contribution >= 4 is 34.2 Å². The lowest BCUT2D eigenvalue weighted by molar-refractivity contribution is -0.297. The molecule has 0 atom stereocenters. The normalized spacial score (nSPS) is 11.5. The van der Waals surface area contributed by atoms with E-state index in [1.807, 2.05) is 31.2 Å². The number of carboxylic acid groups (broad SMARTS) is 1. The average molecular weight is 415 g/mol. The number of aryl methyl sites for hydroxylation is 1. The number of hydrogen-bond acceptors (Lipinski definition) is 6. The first-order valence-corrected chi connectivity index (χ1v) is 9.97. The number of aliphatic carboxylic acids is 1. The molecule has 0 saturated heterocycles. The highest BCUT2D eigenvalue weighted by Crippen LogP contribution is 2.41. The molecule has 0 radical (unpaired) electrons. The summed E-state index contributed by atoms with van der Waals surface area (Å²) in [5, 5.41) is 13.4. The van der Waals surface area contributed by atoms with Crippen LogP contribution in [0.3, 0.4) is 0 Å². The molecule has 1 heterocycles. The van der Waals surface area contributed by atoms with Crippen molar-refractivity contribution in [3.8, 4) is 11.1 Å². The van der Waals surface area contributed by atoms with Crippen LogP contribution >= 0.6 is 11.3 Å². The van der Waals surface area contributed by atoms with Gasteiger partial charge in [0, 0.05) is 16.5 Å². The smallest absolute Gasteiger partial charge is 0.341 e. The number of carboxylic acids is 1. The molecule has 29 heavy (non-hydrogen) atoms. The summed E-state index contributed by atoms with van der Waals surface area (Å²) in [6, 6.07) is 7.92. The summed E-state index contributed by atoms with van der Waals surface area (Å²) in [7, 11) is 0. The minimum absolute atomic E-state index is 0.00331. The number of thiophene rings is 1. The van der Waals surface area contributed by atoms with E-state index in [4.69, 9.17) is 4.74 Å². The summed E-state index contributed by atoms with van der Waals surface area (Å²) < 4.78 is 5.20. The van der Waals surface area contributed by atoms with Crippen LogP contribution in [0.2, 0.25) is 0 Å². The van der Waals surface area contributed by atoms with Gasteiger partial charge in [0.15, 0.2) is 0 Å². The van der Waals surface area contributed by atoms with E-state index in [1.54, 1.807) is 6.92 Å². The van der Waals surface area contributed by atoms with Crippen LogP contribution in [0.25, 0.3) is 11.1 Å². The molecule has 7 heteroatoms. The van der Waals surface area contributed by atoms with Gasteiger partial charge >= 0.3 is 5.97 Å². The number of amides is 1. The molecule has 0 unspecified atom stereocenters. The largest absolute Gasteiger partial charge is 0.545 e. The van der Waals surface area contributed by atoms with Crippen molar-refractivity contribution in [3.05, 3.63) is 52.4 Å². The highest BCUT2D eigenvalue weighted by molar-refractivity contribution is 7.17. The molecule has 2 aromatic rings. The zero-order valence-corrected chi connectivity index (χ0v) is 17.9. The maximum absolute atomic E-state index is 12.7. The zero-order chi connectivity index (χ0) is 21.8. The topological polar surface area (TPSA) is 95.5 Å². The van der Waals surface area contributed by atoms with Crippen LogP contribution in [0.1, 0.15) is 48.5 Å². The second-order valence-electron chi connectivity index (χ2n) is 7.43. The van der Waals surface area contributed by atoms with E-state index >= 15 is 0 Å². The molecule has 6 nitrogen and oxygen atoms in total. The molecule has 0 spiro atoms. The predicted molar refractivity (Wildman–Crippen MR) is 112 cm³/mol. The monoisotopic (exact) mass is 414 g/mol. The van der Waals surface area contributed by atoms with Crippen LogP contribution in [0.4, 0.5) is 5.00 Å². The first-order chi connectivity index (χ1) is 13.5. The van der Waals surface area contributed by atoms with Crippen LogP contribution in [-0.2, 0) is 19.7 Å². The third-order valence-corrected chi connectivity index (χ3v) is 5.23. The average Bonchev–Trinajstić information content (AvgIpc) is 2.95. The van der Waals surface area contributed by atoms with Gasteiger partial charge in [-0.3, -0.25) is 4.79 Å². The quantitative estimate of drug-likeness (QED) is 0.577. The Morgan fingerprint density at radius 2 is 1.76 bits per heavy atom.